The van der Waals surface area contributed by atoms with E-state index in [-0.39, 0.29) is 5.78 Å². The van der Waals surface area contributed by atoms with Crippen molar-refractivity contribution < 1.29 is 9.53 Å². The Hall–Kier alpha value is -1.72. The average Bonchev–Trinajstić information content (AvgIpc) is 2.92. The van der Waals surface area contributed by atoms with Gasteiger partial charge >= 0.3 is 0 Å². The largest absolute Gasteiger partial charge is 0.481 e. The minimum atomic E-state index is 0.0990. The summed E-state index contributed by atoms with van der Waals surface area (Å²) in [5.74, 6) is 0.610. The van der Waals surface area contributed by atoms with Crippen molar-refractivity contribution in [2.24, 2.45) is 0 Å². The lowest BCUT2D eigenvalue weighted by Gasteiger charge is -2.09. The maximum atomic E-state index is 12.5. The van der Waals surface area contributed by atoms with Crippen LogP contribution in [-0.4, -0.2) is 17.9 Å². The van der Waals surface area contributed by atoms with Gasteiger partial charge < -0.3 is 4.74 Å². The van der Waals surface area contributed by atoms with Crippen LogP contribution in [0.3, 0.4) is 0 Å². The standard InChI is InChI=1S/C17H14BrNO2S/c1-10-5-6-22-16(10)15(20)9-12-7-11-8-13(18)3-4-14(11)19-17(12)21-2/h3-8H,9H2,1-2H3. The molecule has 0 aliphatic carbocycles. The minimum absolute atomic E-state index is 0.0990. The number of rotatable bonds is 4. The molecule has 1 aromatic carbocycles. The highest BCUT2D eigenvalue weighted by Gasteiger charge is 2.16. The van der Waals surface area contributed by atoms with Crippen LogP contribution in [0.15, 0.2) is 40.2 Å². The molecule has 0 bridgehead atoms. The third kappa shape index (κ3) is 2.91. The van der Waals surface area contributed by atoms with E-state index in [2.05, 4.69) is 20.9 Å². The number of methoxy groups -OCH3 is 1. The van der Waals surface area contributed by atoms with Crippen molar-refractivity contribution in [3.8, 4) is 5.88 Å². The van der Waals surface area contributed by atoms with Crippen molar-refractivity contribution in [3.63, 3.8) is 0 Å². The molecule has 0 N–H and O–H groups in total. The number of fused-ring (bicyclic) bond motifs is 1. The third-order valence-corrected chi connectivity index (χ3v) is 5.03. The molecular formula is C17H14BrNO2S. The average molecular weight is 376 g/mol. The lowest BCUT2D eigenvalue weighted by Crippen LogP contribution is -2.05. The number of aryl methyl sites for hydroxylation is 1. The van der Waals surface area contributed by atoms with Gasteiger partial charge in [0.05, 0.1) is 17.5 Å². The molecule has 0 fully saturated rings. The molecule has 2 aromatic heterocycles. The van der Waals surface area contributed by atoms with Crippen molar-refractivity contribution in [1.29, 1.82) is 0 Å². The number of pyridine rings is 1. The van der Waals surface area contributed by atoms with Crippen molar-refractivity contribution in [2.45, 2.75) is 13.3 Å². The van der Waals surface area contributed by atoms with Gasteiger partial charge in [0.15, 0.2) is 5.78 Å². The Bertz CT molecular complexity index is 857. The fourth-order valence-corrected chi connectivity index (χ4v) is 3.63. The zero-order valence-electron chi connectivity index (χ0n) is 12.2. The molecule has 0 saturated heterocycles. The van der Waals surface area contributed by atoms with Crippen LogP contribution < -0.4 is 4.74 Å². The summed E-state index contributed by atoms with van der Waals surface area (Å²) in [6.45, 7) is 1.96. The van der Waals surface area contributed by atoms with Crippen LogP contribution >= 0.6 is 27.3 Å². The first-order chi connectivity index (χ1) is 10.6. The predicted molar refractivity (Wildman–Crippen MR) is 93.1 cm³/mol. The van der Waals surface area contributed by atoms with E-state index >= 15 is 0 Å². The second-order valence-corrected chi connectivity index (χ2v) is 6.86. The highest BCUT2D eigenvalue weighted by atomic mass is 79.9. The summed E-state index contributed by atoms with van der Waals surface area (Å²) in [5.41, 5.74) is 2.68. The normalized spacial score (nSPS) is 10.9. The van der Waals surface area contributed by atoms with Crippen LogP contribution in [0, 0.1) is 6.92 Å². The number of carbonyl (C=O) groups is 1. The number of hydrogen-bond donors (Lipinski definition) is 0. The third-order valence-electron chi connectivity index (χ3n) is 3.48. The quantitative estimate of drug-likeness (QED) is 0.614. The molecule has 0 saturated carbocycles. The Morgan fingerprint density at radius 2 is 2.14 bits per heavy atom. The number of carbonyl (C=O) groups excluding carboxylic acids is 1. The Balaban J connectivity index is 2.02. The second kappa shape index (κ2) is 6.18. The zero-order chi connectivity index (χ0) is 15.7. The fraction of sp³-hybridized carbons (Fsp3) is 0.176. The lowest BCUT2D eigenvalue weighted by atomic mass is 10.1. The van der Waals surface area contributed by atoms with E-state index in [4.69, 9.17) is 4.74 Å². The highest BCUT2D eigenvalue weighted by Crippen LogP contribution is 2.27. The number of hydrogen-bond acceptors (Lipinski definition) is 4. The number of Topliss-reactive ketones (excluding diaryl/α,β-unsaturated/α-hetero) is 1. The highest BCUT2D eigenvalue weighted by molar-refractivity contribution is 9.10. The van der Waals surface area contributed by atoms with E-state index in [1.165, 1.54) is 11.3 Å². The van der Waals surface area contributed by atoms with Gasteiger partial charge in [0.25, 0.3) is 0 Å². The van der Waals surface area contributed by atoms with Crippen molar-refractivity contribution >= 4 is 44.0 Å². The molecule has 0 aliphatic rings. The Morgan fingerprint density at radius 3 is 2.82 bits per heavy atom. The number of nitrogens with zero attached hydrogens (tertiary/aromatic N) is 1. The SMILES string of the molecule is COc1nc2ccc(Br)cc2cc1CC(=O)c1sccc1C. The summed E-state index contributed by atoms with van der Waals surface area (Å²) in [7, 11) is 1.58. The van der Waals surface area contributed by atoms with Gasteiger partial charge in [0.2, 0.25) is 5.88 Å². The van der Waals surface area contributed by atoms with Gasteiger partial charge in [-0.1, -0.05) is 15.9 Å². The molecule has 0 spiro atoms. The van der Waals surface area contributed by atoms with Crippen LogP contribution in [0.25, 0.3) is 10.9 Å². The Morgan fingerprint density at radius 1 is 1.32 bits per heavy atom. The first-order valence-corrected chi connectivity index (χ1v) is 8.46. The summed E-state index contributed by atoms with van der Waals surface area (Å²) >= 11 is 4.94. The van der Waals surface area contributed by atoms with Gasteiger partial charge in [-0.2, -0.15) is 0 Å². The smallest absolute Gasteiger partial charge is 0.217 e. The van der Waals surface area contributed by atoms with Gasteiger partial charge in [-0.25, -0.2) is 4.98 Å². The zero-order valence-corrected chi connectivity index (χ0v) is 14.6. The van der Waals surface area contributed by atoms with Gasteiger partial charge in [-0.3, -0.25) is 4.79 Å². The Labute approximate surface area is 141 Å². The lowest BCUT2D eigenvalue weighted by molar-refractivity contribution is 0.0995. The van der Waals surface area contributed by atoms with E-state index in [9.17, 15) is 4.79 Å². The summed E-state index contributed by atoms with van der Waals surface area (Å²) in [4.78, 5) is 17.8. The molecule has 0 amide bonds. The first-order valence-electron chi connectivity index (χ1n) is 6.79. The van der Waals surface area contributed by atoms with E-state index in [1.54, 1.807) is 7.11 Å². The van der Waals surface area contributed by atoms with E-state index in [1.807, 2.05) is 42.6 Å². The number of ketones is 1. The van der Waals surface area contributed by atoms with Crippen LogP contribution in [0.2, 0.25) is 0 Å². The number of halogens is 1. The monoisotopic (exact) mass is 375 g/mol. The second-order valence-electron chi connectivity index (χ2n) is 5.03. The molecule has 3 nitrogen and oxygen atoms in total. The van der Waals surface area contributed by atoms with E-state index in [0.717, 1.165) is 31.4 Å². The summed E-state index contributed by atoms with van der Waals surface area (Å²) < 4.78 is 6.35. The first kappa shape index (κ1) is 15.2. The molecule has 112 valence electrons. The van der Waals surface area contributed by atoms with Crippen LogP contribution in [0.5, 0.6) is 5.88 Å². The number of ether oxygens (including phenoxy) is 1. The summed E-state index contributed by atoms with van der Waals surface area (Å²) in [6, 6.07) is 9.80. The maximum absolute atomic E-state index is 12.5. The van der Waals surface area contributed by atoms with Gasteiger partial charge in [-0.15, -0.1) is 11.3 Å². The molecule has 0 radical (unpaired) electrons. The summed E-state index contributed by atoms with van der Waals surface area (Å²) in [6.07, 6.45) is 0.292. The summed E-state index contributed by atoms with van der Waals surface area (Å²) in [5, 5.41) is 2.93. The minimum Gasteiger partial charge on any atom is -0.481 e. The molecule has 0 unspecified atom stereocenters. The van der Waals surface area contributed by atoms with Crippen molar-refractivity contribution in [2.75, 3.05) is 7.11 Å². The topological polar surface area (TPSA) is 39.2 Å². The van der Waals surface area contributed by atoms with Gasteiger partial charge in [0, 0.05) is 21.8 Å². The molecule has 5 heteroatoms. The number of aromatic nitrogens is 1. The molecule has 3 rings (SSSR count). The van der Waals surface area contributed by atoms with Crippen molar-refractivity contribution in [3.05, 3.63) is 56.2 Å². The fourth-order valence-electron chi connectivity index (χ4n) is 2.39. The Kier molecular flexibility index (Phi) is 4.27. The number of benzene rings is 1. The van der Waals surface area contributed by atoms with Crippen LogP contribution in [-0.2, 0) is 6.42 Å². The van der Waals surface area contributed by atoms with E-state index in [0.29, 0.717) is 12.3 Å². The van der Waals surface area contributed by atoms with Gasteiger partial charge in [0.1, 0.15) is 0 Å². The van der Waals surface area contributed by atoms with E-state index < -0.39 is 0 Å². The predicted octanol–water partition coefficient (Wildman–Crippen LogP) is 4.80. The van der Waals surface area contributed by atoms with Crippen LogP contribution in [0.1, 0.15) is 20.8 Å². The molecule has 0 aliphatic heterocycles. The molecular weight excluding hydrogens is 362 g/mol. The maximum Gasteiger partial charge on any atom is 0.217 e. The number of thiophene rings is 1. The van der Waals surface area contributed by atoms with Crippen LogP contribution in [0.4, 0.5) is 0 Å². The molecule has 0 atom stereocenters. The molecule has 22 heavy (non-hydrogen) atoms. The van der Waals surface area contributed by atoms with Gasteiger partial charge in [-0.05, 0) is 48.2 Å². The molecule has 2 heterocycles. The molecule has 3 aromatic rings. The van der Waals surface area contributed by atoms with Crippen molar-refractivity contribution in [1.82, 2.24) is 4.98 Å².